The molecule has 0 amide bonds. The maximum Gasteiger partial charge on any atom is 0.234 e. The first kappa shape index (κ1) is 20.3. The van der Waals surface area contributed by atoms with Crippen LogP contribution in [0.2, 0.25) is 0 Å². The van der Waals surface area contributed by atoms with Crippen LogP contribution in [0.3, 0.4) is 0 Å². The van der Waals surface area contributed by atoms with Gasteiger partial charge in [-0.25, -0.2) is 15.0 Å². The summed E-state index contributed by atoms with van der Waals surface area (Å²) >= 11 is 0. The summed E-state index contributed by atoms with van der Waals surface area (Å²) in [7, 11) is 0. The summed E-state index contributed by atoms with van der Waals surface area (Å²) in [5, 5.41) is 2.19. The summed E-state index contributed by atoms with van der Waals surface area (Å²) < 4.78 is 1.96. The number of H-pyrrole nitrogens is 1. The fraction of sp³-hybridized carbons (Fsp3) is 0.214. The maximum absolute atomic E-state index is 4.73. The van der Waals surface area contributed by atoms with Crippen molar-refractivity contribution in [3.63, 3.8) is 0 Å². The lowest BCUT2D eigenvalue weighted by Gasteiger charge is -2.26. The van der Waals surface area contributed by atoms with Crippen LogP contribution in [0.4, 0.5) is 0 Å². The minimum atomic E-state index is 0.663. The summed E-state index contributed by atoms with van der Waals surface area (Å²) in [6.45, 7) is 3.46. The van der Waals surface area contributed by atoms with E-state index in [0.29, 0.717) is 5.78 Å². The van der Waals surface area contributed by atoms with E-state index in [1.54, 1.807) is 6.20 Å². The second-order valence-electron chi connectivity index (χ2n) is 9.33. The van der Waals surface area contributed by atoms with Gasteiger partial charge in [-0.1, -0.05) is 30.7 Å². The van der Waals surface area contributed by atoms with Gasteiger partial charge >= 0.3 is 0 Å². The van der Waals surface area contributed by atoms with Crippen LogP contribution in [0.1, 0.15) is 24.8 Å². The number of hydrogen-bond acceptors (Lipinski definition) is 5. The molecule has 7 heteroatoms. The predicted octanol–water partition coefficient (Wildman–Crippen LogP) is 5.47. The van der Waals surface area contributed by atoms with Crippen molar-refractivity contribution in [1.29, 1.82) is 0 Å². The standard InChI is InChI=1S/C28H25N7/c1-2-10-34(11-3-1)18-19-5-7-20(8-6-19)21-13-23-22-14-24(30-16-25(22)33-27(23)31-15-21)26-17-32-28-29-9-4-12-35(26)28/h4-9,12-17H,1-3,10-11,18H2,(H,31,33). The molecule has 7 nitrogen and oxygen atoms in total. The molecule has 0 radical (unpaired) electrons. The first-order chi connectivity index (χ1) is 17.3. The van der Waals surface area contributed by atoms with Gasteiger partial charge in [0.15, 0.2) is 0 Å². The van der Waals surface area contributed by atoms with E-state index >= 15 is 0 Å². The normalized spacial score (nSPS) is 14.9. The molecule has 1 aliphatic heterocycles. The molecule has 1 saturated heterocycles. The molecule has 0 saturated carbocycles. The summed E-state index contributed by atoms with van der Waals surface area (Å²) in [5.74, 6) is 0.663. The van der Waals surface area contributed by atoms with E-state index in [4.69, 9.17) is 4.98 Å². The SMILES string of the molecule is c1cnc2ncc(-c3cc4c(cn3)[nH]c3ncc(-c5ccc(CN6CCCCC6)cc5)cc34)n2c1. The van der Waals surface area contributed by atoms with E-state index in [2.05, 4.69) is 61.2 Å². The van der Waals surface area contributed by atoms with Crippen LogP contribution in [-0.4, -0.2) is 47.3 Å². The van der Waals surface area contributed by atoms with Crippen LogP contribution in [0.25, 0.3) is 50.2 Å². The van der Waals surface area contributed by atoms with E-state index in [-0.39, 0.29) is 0 Å². The number of nitrogens with one attached hydrogen (secondary N) is 1. The van der Waals surface area contributed by atoms with Gasteiger partial charge in [-0.3, -0.25) is 14.3 Å². The van der Waals surface area contributed by atoms with Crippen LogP contribution >= 0.6 is 0 Å². The molecule has 0 atom stereocenters. The summed E-state index contributed by atoms with van der Waals surface area (Å²) in [5.41, 5.74) is 7.26. The Hall–Kier alpha value is -4.10. The Labute approximate surface area is 202 Å². The zero-order valence-corrected chi connectivity index (χ0v) is 19.4. The topological polar surface area (TPSA) is 75.0 Å². The molecule has 0 bridgehead atoms. The minimum absolute atomic E-state index is 0.663. The number of rotatable bonds is 4. The number of aromatic nitrogens is 6. The van der Waals surface area contributed by atoms with Gasteiger partial charge in [-0.15, -0.1) is 0 Å². The Morgan fingerprint density at radius 2 is 1.69 bits per heavy atom. The fourth-order valence-corrected chi connectivity index (χ4v) is 5.17. The number of piperidine rings is 1. The van der Waals surface area contributed by atoms with Crippen LogP contribution < -0.4 is 0 Å². The van der Waals surface area contributed by atoms with Gasteiger partial charge < -0.3 is 4.98 Å². The molecular formula is C28H25N7. The van der Waals surface area contributed by atoms with Crippen molar-refractivity contribution < 1.29 is 0 Å². The number of aromatic amines is 1. The minimum Gasteiger partial charge on any atom is -0.338 e. The van der Waals surface area contributed by atoms with Crippen LogP contribution in [0, 0.1) is 0 Å². The summed E-state index contributed by atoms with van der Waals surface area (Å²) in [4.78, 5) is 24.1. The Balaban J connectivity index is 1.24. The van der Waals surface area contributed by atoms with Crippen molar-refractivity contribution in [3.8, 4) is 22.5 Å². The van der Waals surface area contributed by atoms with Gasteiger partial charge in [-0.2, -0.15) is 0 Å². The Bertz CT molecular complexity index is 1660. The smallest absolute Gasteiger partial charge is 0.234 e. The third-order valence-corrected chi connectivity index (χ3v) is 7.03. The number of fused-ring (bicyclic) bond motifs is 4. The zero-order chi connectivity index (χ0) is 23.2. The molecule has 1 aromatic carbocycles. The van der Waals surface area contributed by atoms with Gasteiger partial charge in [0.05, 0.1) is 29.3 Å². The molecule has 6 heterocycles. The summed E-state index contributed by atoms with van der Waals surface area (Å²) in [6, 6.07) is 15.2. The Morgan fingerprint density at radius 1 is 0.800 bits per heavy atom. The number of nitrogens with zero attached hydrogens (tertiary/aromatic N) is 6. The molecule has 0 unspecified atom stereocenters. The molecule has 5 aromatic heterocycles. The highest BCUT2D eigenvalue weighted by atomic mass is 15.1. The van der Waals surface area contributed by atoms with E-state index in [0.717, 1.165) is 45.4 Å². The van der Waals surface area contributed by atoms with Crippen molar-refractivity contribution in [2.45, 2.75) is 25.8 Å². The molecule has 172 valence electrons. The monoisotopic (exact) mass is 459 g/mol. The highest BCUT2D eigenvalue weighted by Gasteiger charge is 2.13. The quantitative estimate of drug-likeness (QED) is 0.378. The molecule has 1 aliphatic rings. The predicted molar refractivity (Wildman–Crippen MR) is 138 cm³/mol. The lowest BCUT2D eigenvalue weighted by atomic mass is 10.0. The highest BCUT2D eigenvalue weighted by Crippen LogP contribution is 2.31. The molecule has 1 N–H and O–H groups in total. The highest BCUT2D eigenvalue weighted by molar-refractivity contribution is 6.07. The van der Waals surface area contributed by atoms with E-state index < -0.39 is 0 Å². The molecule has 6 aromatic rings. The molecule has 35 heavy (non-hydrogen) atoms. The average Bonchev–Trinajstić information content (AvgIpc) is 3.50. The van der Waals surface area contributed by atoms with Crippen LogP contribution in [0.15, 0.2) is 73.4 Å². The number of benzene rings is 1. The second kappa shape index (κ2) is 8.29. The van der Waals surface area contributed by atoms with Crippen molar-refractivity contribution in [2.24, 2.45) is 0 Å². The lowest BCUT2D eigenvalue weighted by molar-refractivity contribution is 0.221. The average molecular weight is 460 g/mol. The first-order valence-electron chi connectivity index (χ1n) is 12.2. The first-order valence-corrected chi connectivity index (χ1v) is 12.2. The van der Waals surface area contributed by atoms with Crippen LogP contribution in [-0.2, 0) is 6.54 Å². The molecule has 0 aliphatic carbocycles. The van der Waals surface area contributed by atoms with Gasteiger partial charge in [0.1, 0.15) is 5.65 Å². The maximum atomic E-state index is 4.73. The Morgan fingerprint density at radius 3 is 2.57 bits per heavy atom. The molecule has 7 rings (SSSR count). The van der Waals surface area contributed by atoms with Crippen molar-refractivity contribution >= 4 is 27.7 Å². The third-order valence-electron chi connectivity index (χ3n) is 7.03. The van der Waals surface area contributed by atoms with Crippen molar-refractivity contribution in [2.75, 3.05) is 13.1 Å². The third kappa shape index (κ3) is 3.65. The second-order valence-corrected chi connectivity index (χ2v) is 9.33. The lowest BCUT2D eigenvalue weighted by Crippen LogP contribution is -2.28. The van der Waals surface area contributed by atoms with Gasteiger partial charge in [0.25, 0.3) is 0 Å². The van der Waals surface area contributed by atoms with Crippen LogP contribution in [0.5, 0.6) is 0 Å². The van der Waals surface area contributed by atoms with E-state index in [1.165, 1.54) is 43.5 Å². The molecule has 1 fully saturated rings. The molecular weight excluding hydrogens is 434 g/mol. The number of pyridine rings is 2. The van der Waals surface area contributed by atoms with Gasteiger partial charge in [0, 0.05) is 41.5 Å². The molecule has 0 spiro atoms. The largest absolute Gasteiger partial charge is 0.338 e. The number of likely N-dealkylation sites (tertiary alicyclic amines) is 1. The summed E-state index contributed by atoms with van der Waals surface area (Å²) in [6.07, 6.45) is 13.3. The number of hydrogen-bond donors (Lipinski definition) is 1. The van der Waals surface area contributed by atoms with Crippen molar-refractivity contribution in [3.05, 3.63) is 79.0 Å². The number of imidazole rings is 1. The van der Waals surface area contributed by atoms with E-state index in [1.807, 2.05) is 35.3 Å². The van der Waals surface area contributed by atoms with E-state index in [9.17, 15) is 0 Å². The zero-order valence-electron chi connectivity index (χ0n) is 19.4. The van der Waals surface area contributed by atoms with Crippen molar-refractivity contribution in [1.82, 2.24) is 34.2 Å². The van der Waals surface area contributed by atoms with Gasteiger partial charge in [0.2, 0.25) is 5.78 Å². The Kier molecular flexibility index (Phi) is 4.80. The fourth-order valence-electron chi connectivity index (χ4n) is 5.17. The van der Waals surface area contributed by atoms with Gasteiger partial charge in [-0.05, 0) is 55.3 Å².